The van der Waals surface area contributed by atoms with Gasteiger partial charge in [0, 0.05) is 32.9 Å². The molecular formula is C22H32N4O4S. The molecule has 1 saturated heterocycles. The maximum absolute atomic E-state index is 12.9. The molecule has 2 heterocycles. The predicted molar refractivity (Wildman–Crippen MR) is 121 cm³/mol. The van der Waals surface area contributed by atoms with Gasteiger partial charge in [-0.15, -0.1) is 0 Å². The Labute approximate surface area is 184 Å². The van der Waals surface area contributed by atoms with Crippen LogP contribution < -0.4 is 10.1 Å². The maximum atomic E-state index is 12.9. The van der Waals surface area contributed by atoms with Crippen LogP contribution in [0.4, 0.5) is 5.69 Å². The summed E-state index contributed by atoms with van der Waals surface area (Å²) in [6.07, 6.45) is 3.23. The van der Waals surface area contributed by atoms with Crippen LogP contribution in [0.15, 0.2) is 41.4 Å². The highest BCUT2D eigenvalue weighted by atomic mass is 32.2. The summed E-state index contributed by atoms with van der Waals surface area (Å²) in [6.45, 7) is 8.48. The zero-order valence-electron chi connectivity index (χ0n) is 18.5. The third kappa shape index (κ3) is 5.47. The van der Waals surface area contributed by atoms with Crippen molar-refractivity contribution in [1.82, 2.24) is 13.8 Å². The van der Waals surface area contributed by atoms with E-state index in [1.165, 1.54) is 16.6 Å². The van der Waals surface area contributed by atoms with E-state index in [2.05, 4.69) is 24.1 Å². The first-order valence-corrected chi connectivity index (χ1v) is 12.2. The molecule has 0 aliphatic carbocycles. The zero-order chi connectivity index (χ0) is 22.4. The molecule has 31 heavy (non-hydrogen) atoms. The molecule has 1 aromatic carbocycles. The molecule has 0 bridgehead atoms. The van der Waals surface area contributed by atoms with Crippen molar-refractivity contribution in [3.63, 3.8) is 0 Å². The topological polar surface area (TPSA) is 83.9 Å². The van der Waals surface area contributed by atoms with Crippen LogP contribution in [0.3, 0.4) is 0 Å². The molecule has 8 nitrogen and oxygen atoms in total. The Morgan fingerprint density at radius 1 is 1.16 bits per heavy atom. The van der Waals surface area contributed by atoms with Crippen LogP contribution >= 0.6 is 0 Å². The minimum atomic E-state index is -3.58. The molecule has 0 spiro atoms. The number of anilines is 1. The average molecular weight is 449 g/mol. The lowest BCUT2D eigenvalue weighted by Gasteiger charge is -2.19. The maximum Gasteiger partial charge on any atom is 0.272 e. The molecule has 1 aliphatic rings. The fraction of sp³-hybridized carbons (Fsp3) is 0.500. The van der Waals surface area contributed by atoms with Crippen LogP contribution in [0.2, 0.25) is 0 Å². The van der Waals surface area contributed by atoms with Gasteiger partial charge < -0.3 is 19.5 Å². The van der Waals surface area contributed by atoms with Gasteiger partial charge in [-0.1, -0.05) is 26.0 Å². The van der Waals surface area contributed by atoms with Crippen LogP contribution in [-0.2, 0) is 17.1 Å². The highest BCUT2D eigenvalue weighted by Crippen LogP contribution is 2.26. The van der Waals surface area contributed by atoms with Crippen molar-refractivity contribution in [2.75, 3.05) is 44.6 Å². The Morgan fingerprint density at radius 2 is 1.84 bits per heavy atom. The molecule has 1 fully saturated rings. The van der Waals surface area contributed by atoms with E-state index in [9.17, 15) is 13.2 Å². The molecule has 0 unspecified atom stereocenters. The number of amides is 1. The lowest BCUT2D eigenvalue weighted by Crippen LogP contribution is -2.28. The molecule has 9 heteroatoms. The van der Waals surface area contributed by atoms with Gasteiger partial charge in [0.25, 0.3) is 5.91 Å². The van der Waals surface area contributed by atoms with E-state index >= 15 is 0 Å². The van der Waals surface area contributed by atoms with E-state index in [4.69, 9.17) is 4.74 Å². The third-order valence-electron chi connectivity index (χ3n) is 5.61. The fourth-order valence-corrected chi connectivity index (χ4v) is 5.27. The first-order valence-electron chi connectivity index (χ1n) is 10.8. The molecule has 1 aliphatic heterocycles. The number of likely N-dealkylation sites (N-methyl/N-ethyl adjacent to an activating group) is 1. The van der Waals surface area contributed by atoms with Crippen molar-refractivity contribution in [3.05, 3.63) is 42.2 Å². The SMILES string of the molecule is CCN(CC)CCOc1ccccc1NC(=O)c1cc(S(=O)(=O)N2CCCC2)cn1C. The Hall–Kier alpha value is -2.36. The monoisotopic (exact) mass is 448 g/mol. The van der Waals surface area contributed by atoms with Gasteiger partial charge in [-0.3, -0.25) is 4.79 Å². The Morgan fingerprint density at radius 3 is 2.52 bits per heavy atom. The molecule has 3 rings (SSSR count). The summed E-state index contributed by atoms with van der Waals surface area (Å²) in [5, 5.41) is 2.86. The number of nitrogens with one attached hydrogen (secondary N) is 1. The number of carbonyl (C=O) groups excluding carboxylic acids is 1. The van der Waals surface area contributed by atoms with Crippen molar-refractivity contribution in [3.8, 4) is 5.75 Å². The molecule has 2 aromatic rings. The smallest absolute Gasteiger partial charge is 0.272 e. The number of aromatic nitrogens is 1. The molecule has 0 saturated carbocycles. The van der Waals surface area contributed by atoms with Gasteiger partial charge in [0.05, 0.1) is 5.69 Å². The van der Waals surface area contributed by atoms with Gasteiger partial charge in [-0.05, 0) is 44.1 Å². The number of para-hydroxylation sites is 2. The van der Waals surface area contributed by atoms with Gasteiger partial charge in [0.2, 0.25) is 10.0 Å². The Balaban J connectivity index is 1.72. The molecule has 170 valence electrons. The summed E-state index contributed by atoms with van der Waals surface area (Å²) in [4.78, 5) is 15.3. The average Bonchev–Trinajstić information content (AvgIpc) is 3.43. The normalized spacial score (nSPS) is 14.8. The lowest BCUT2D eigenvalue weighted by molar-refractivity contribution is 0.101. The van der Waals surface area contributed by atoms with E-state index in [1.54, 1.807) is 17.7 Å². The number of ether oxygens (including phenoxy) is 1. The number of aryl methyl sites for hydroxylation is 1. The van der Waals surface area contributed by atoms with Crippen molar-refractivity contribution < 1.29 is 17.9 Å². The van der Waals surface area contributed by atoms with Crippen LogP contribution in [0.1, 0.15) is 37.2 Å². The van der Waals surface area contributed by atoms with Crippen LogP contribution in [0, 0.1) is 0 Å². The number of benzene rings is 1. The Bertz CT molecular complexity index is 993. The number of carbonyl (C=O) groups is 1. The number of nitrogens with zero attached hydrogens (tertiary/aromatic N) is 3. The standard InChI is InChI=1S/C22H32N4O4S/c1-4-25(5-2)14-15-30-21-11-7-6-10-19(21)23-22(27)20-16-18(17-24(20)3)31(28,29)26-12-8-9-13-26/h6-7,10-11,16-17H,4-5,8-9,12-15H2,1-3H3,(H,23,27). The van der Waals surface area contributed by atoms with E-state index in [1.807, 2.05) is 18.2 Å². The molecule has 1 aromatic heterocycles. The fourth-order valence-electron chi connectivity index (χ4n) is 3.69. The van der Waals surface area contributed by atoms with Crippen molar-refractivity contribution >= 4 is 21.6 Å². The molecule has 1 N–H and O–H groups in total. The number of sulfonamides is 1. The molecule has 0 radical (unpaired) electrons. The third-order valence-corrected chi connectivity index (χ3v) is 7.47. The minimum Gasteiger partial charge on any atom is -0.490 e. The van der Waals surface area contributed by atoms with E-state index < -0.39 is 10.0 Å². The quantitative estimate of drug-likeness (QED) is 0.604. The van der Waals surface area contributed by atoms with Gasteiger partial charge in [-0.25, -0.2) is 8.42 Å². The number of hydrogen-bond acceptors (Lipinski definition) is 5. The second kappa shape index (κ2) is 10.3. The van der Waals surface area contributed by atoms with Crippen LogP contribution in [-0.4, -0.2) is 67.4 Å². The van der Waals surface area contributed by atoms with Gasteiger partial charge in [0.1, 0.15) is 22.9 Å². The summed E-state index contributed by atoms with van der Waals surface area (Å²) in [5.74, 6) is 0.201. The molecule has 1 amide bonds. The van der Waals surface area contributed by atoms with E-state index in [0.717, 1.165) is 32.5 Å². The highest BCUT2D eigenvalue weighted by Gasteiger charge is 2.29. The summed E-state index contributed by atoms with van der Waals surface area (Å²) in [7, 11) is -1.91. The summed E-state index contributed by atoms with van der Waals surface area (Å²) in [5.41, 5.74) is 0.827. The lowest BCUT2D eigenvalue weighted by atomic mass is 10.2. The summed E-state index contributed by atoms with van der Waals surface area (Å²) >= 11 is 0. The minimum absolute atomic E-state index is 0.144. The zero-order valence-corrected chi connectivity index (χ0v) is 19.3. The van der Waals surface area contributed by atoms with E-state index in [0.29, 0.717) is 31.1 Å². The Kier molecular flexibility index (Phi) is 7.74. The van der Waals surface area contributed by atoms with Crippen LogP contribution in [0.25, 0.3) is 0 Å². The number of hydrogen-bond donors (Lipinski definition) is 1. The van der Waals surface area contributed by atoms with Crippen LogP contribution in [0.5, 0.6) is 5.75 Å². The first kappa shape index (κ1) is 23.3. The van der Waals surface area contributed by atoms with Gasteiger partial charge >= 0.3 is 0 Å². The first-order chi connectivity index (χ1) is 14.9. The number of rotatable bonds is 10. The largest absolute Gasteiger partial charge is 0.490 e. The van der Waals surface area contributed by atoms with Crippen molar-refractivity contribution in [2.24, 2.45) is 7.05 Å². The van der Waals surface area contributed by atoms with Gasteiger partial charge in [0.15, 0.2) is 0 Å². The van der Waals surface area contributed by atoms with E-state index in [-0.39, 0.29) is 16.5 Å². The van der Waals surface area contributed by atoms with Crippen molar-refractivity contribution in [1.29, 1.82) is 0 Å². The molecular weight excluding hydrogens is 416 g/mol. The summed E-state index contributed by atoms with van der Waals surface area (Å²) in [6, 6.07) is 8.70. The second-order valence-corrected chi connectivity index (χ2v) is 9.55. The highest BCUT2D eigenvalue weighted by molar-refractivity contribution is 7.89. The van der Waals surface area contributed by atoms with Gasteiger partial charge in [-0.2, -0.15) is 4.31 Å². The predicted octanol–water partition coefficient (Wildman–Crippen LogP) is 2.78. The molecule has 0 atom stereocenters. The van der Waals surface area contributed by atoms with Crippen molar-refractivity contribution in [2.45, 2.75) is 31.6 Å². The summed E-state index contributed by atoms with van der Waals surface area (Å²) < 4.78 is 34.5. The second-order valence-electron chi connectivity index (χ2n) is 7.61.